The van der Waals surface area contributed by atoms with Gasteiger partial charge in [0.2, 0.25) is 0 Å². The Bertz CT molecular complexity index is 1310. The summed E-state index contributed by atoms with van der Waals surface area (Å²) in [6, 6.07) is 11.1. The number of nitrogens with one attached hydrogen (secondary N) is 2. The number of anilines is 2. The number of nitro benzene ring substituents is 1. The van der Waals surface area contributed by atoms with E-state index in [0.717, 1.165) is 30.3 Å². The molecule has 0 aliphatic heterocycles. The van der Waals surface area contributed by atoms with Crippen molar-refractivity contribution in [3.05, 3.63) is 88.0 Å². The molecule has 0 unspecified atom stereocenters. The molecule has 32 heavy (non-hydrogen) atoms. The molecule has 0 fully saturated rings. The first kappa shape index (κ1) is 22.6. The molecule has 166 valence electrons. The molecular formula is C20H15F2N3O6S. The number of hydrogen-bond acceptors (Lipinski definition) is 6. The molecule has 0 saturated heterocycles. The number of sulfonamides is 1. The van der Waals surface area contributed by atoms with E-state index in [0.29, 0.717) is 0 Å². The summed E-state index contributed by atoms with van der Waals surface area (Å²) in [5.41, 5.74) is -0.509. The number of amides is 1. The molecule has 0 aromatic heterocycles. The molecule has 0 atom stereocenters. The predicted molar refractivity (Wildman–Crippen MR) is 111 cm³/mol. The van der Waals surface area contributed by atoms with Crippen molar-refractivity contribution in [2.24, 2.45) is 0 Å². The molecule has 0 spiro atoms. The Morgan fingerprint density at radius 1 is 1.03 bits per heavy atom. The van der Waals surface area contributed by atoms with E-state index in [1.54, 1.807) is 0 Å². The number of halogens is 2. The monoisotopic (exact) mass is 463 g/mol. The second kappa shape index (κ2) is 8.98. The Balaban J connectivity index is 1.89. The van der Waals surface area contributed by atoms with Crippen LogP contribution in [0.2, 0.25) is 0 Å². The largest absolute Gasteiger partial charge is 0.495 e. The molecule has 2 N–H and O–H groups in total. The summed E-state index contributed by atoms with van der Waals surface area (Å²) < 4.78 is 59.3. The van der Waals surface area contributed by atoms with E-state index in [1.807, 2.05) is 0 Å². The highest BCUT2D eigenvalue weighted by Crippen LogP contribution is 2.31. The minimum absolute atomic E-state index is 0.0675. The average Bonchev–Trinajstić information content (AvgIpc) is 2.75. The van der Waals surface area contributed by atoms with Gasteiger partial charge in [-0.15, -0.1) is 0 Å². The van der Waals surface area contributed by atoms with Gasteiger partial charge in [0.1, 0.15) is 5.75 Å². The summed E-state index contributed by atoms with van der Waals surface area (Å²) in [6.07, 6.45) is 0. The maximum atomic E-state index is 13.4. The second-order valence-electron chi connectivity index (χ2n) is 6.36. The highest BCUT2D eigenvalue weighted by molar-refractivity contribution is 7.92. The second-order valence-corrected chi connectivity index (χ2v) is 8.04. The predicted octanol–water partition coefficient (Wildman–Crippen LogP) is 3.93. The van der Waals surface area contributed by atoms with Crippen molar-refractivity contribution in [1.29, 1.82) is 0 Å². The maximum absolute atomic E-state index is 13.4. The Morgan fingerprint density at radius 3 is 2.44 bits per heavy atom. The maximum Gasteiger partial charge on any atom is 0.270 e. The molecular weight excluding hydrogens is 448 g/mol. The molecule has 3 rings (SSSR count). The van der Waals surface area contributed by atoms with Gasteiger partial charge in [-0.3, -0.25) is 19.6 Å². The van der Waals surface area contributed by atoms with Crippen molar-refractivity contribution in [2.45, 2.75) is 4.90 Å². The van der Waals surface area contributed by atoms with E-state index < -0.39 is 38.2 Å². The zero-order chi connectivity index (χ0) is 23.5. The molecule has 3 aromatic rings. The van der Waals surface area contributed by atoms with Gasteiger partial charge in [-0.25, -0.2) is 17.2 Å². The number of carbonyl (C=O) groups excluding carboxylic acids is 1. The molecule has 0 saturated carbocycles. The van der Waals surface area contributed by atoms with Crippen molar-refractivity contribution in [3.63, 3.8) is 0 Å². The first-order valence-electron chi connectivity index (χ1n) is 8.82. The van der Waals surface area contributed by atoms with Crippen molar-refractivity contribution in [2.75, 3.05) is 17.1 Å². The highest BCUT2D eigenvalue weighted by Gasteiger charge is 2.20. The van der Waals surface area contributed by atoms with E-state index in [1.165, 1.54) is 37.4 Å². The lowest BCUT2D eigenvalue weighted by Gasteiger charge is -2.14. The van der Waals surface area contributed by atoms with E-state index in [2.05, 4.69) is 10.0 Å². The summed E-state index contributed by atoms with van der Waals surface area (Å²) in [4.78, 5) is 22.2. The number of nitrogens with zero attached hydrogens (tertiary/aromatic N) is 1. The summed E-state index contributed by atoms with van der Waals surface area (Å²) in [6.45, 7) is 0. The van der Waals surface area contributed by atoms with E-state index in [9.17, 15) is 32.1 Å². The molecule has 12 heteroatoms. The summed E-state index contributed by atoms with van der Waals surface area (Å²) >= 11 is 0. The molecule has 3 aromatic carbocycles. The normalized spacial score (nSPS) is 11.0. The summed E-state index contributed by atoms with van der Waals surface area (Å²) in [5, 5.41) is 13.4. The Hall–Kier alpha value is -4.06. The van der Waals surface area contributed by atoms with Crippen molar-refractivity contribution in [1.82, 2.24) is 0 Å². The van der Waals surface area contributed by atoms with Crippen molar-refractivity contribution in [3.8, 4) is 5.75 Å². The quantitative estimate of drug-likeness (QED) is 0.404. The van der Waals surface area contributed by atoms with Crippen LogP contribution >= 0.6 is 0 Å². The standard InChI is InChI=1S/C20H15F2N3O6S/c1-31-19-8-6-13(23-20(26)12-5-7-16(21)17(22)9-12)10-18(19)24-32(29,30)15-4-2-3-14(11-15)25(27)28/h2-11,24H,1H3,(H,23,26). The number of methoxy groups -OCH3 is 1. The number of rotatable bonds is 7. The molecule has 9 nitrogen and oxygen atoms in total. The molecule has 0 bridgehead atoms. The Morgan fingerprint density at radius 2 is 1.78 bits per heavy atom. The van der Waals surface area contributed by atoms with E-state index in [4.69, 9.17) is 4.74 Å². The average molecular weight is 463 g/mol. The van der Waals surface area contributed by atoms with Crippen LogP contribution in [0.15, 0.2) is 65.6 Å². The summed E-state index contributed by atoms with van der Waals surface area (Å²) in [7, 11) is -2.96. The molecule has 0 aliphatic carbocycles. The van der Waals surface area contributed by atoms with Crippen LogP contribution in [-0.4, -0.2) is 26.4 Å². The SMILES string of the molecule is COc1ccc(NC(=O)c2ccc(F)c(F)c2)cc1NS(=O)(=O)c1cccc([N+](=O)[O-])c1. The molecule has 0 radical (unpaired) electrons. The minimum Gasteiger partial charge on any atom is -0.495 e. The van der Waals surface area contributed by atoms with Gasteiger partial charge in [0.05, 0.1) is 22.6 Å². The molecule has 0 heterocycles. The van der Waals surface area contributed by atoms with Crippen LogP contribution < -0.4 is 14.8 Å². The fourth-order valence-electron chi connectivity index (χ4n) is 2.67. The van der Waals surface area contributed by atoms with Gasteiger partial charge in [-0.05, 0) is 42.5 Å². The highest BCUT2D eigenvalue weighted by atomic mass is 32.2. The van der Waals surface area contributed by atoms with Crippen LogP contribution in [0.3, 0.4) is 0 Å². The zero-order valence-electron chi connectivity index (χ0n) is 16.3. The molecule has 0 aliphatic rings. The van der Waals surface area contributed by atoms with Crippen LogP contribution in [0.4, 0.5) is 25.8 Å². The summed E-state index contributed by atoms with van der Waals surface area (Å²) in [5.74, 6) is -2.96. The lowest BCUT2D eigenvalue weighted by Crippen LogP contribution is -2.15. The van der Waals surface area contributed by atoms with Gasteiger partial charge >= 0.3 is 0 Å². The Labute approximate surface area is 180 Å². The number of nitro groups is 1. The van der Waals surface area contributed by atoms with E-state index in [-0.39, 0.29) is 27.6 Å². The van der Waals surface area contributed by atoms with Crippen molar-refractivity contribution < 1.29 is 31.7 Å². The smallest absolute Gasteiger partial charge is 0.270 e. The lowest BCUT2D eigenvalue weighted by molar-refractivity contribution is -0.385. The third-order valence-electron chi connectivity index (χ3n) is 4.22. The lowest BCUT2D eigenvalue weighted by atomic mass is 10.2. The van der Waals surface area contributed by atoms with Crippen LogP contribution in [0, 0.1) is 21.7 Å². The van der Waals surface area contributed by atoms with Gasteiger partial charge in [-0.1, -0.05) is 6.07 Å². The van der Waals surface area contributed by atoms with Crippen LogP contribution in [0.25, 0.3) is 0 Å². The number of hydrogen-bond donors (Lipinski definition) is 2. The van der Waals surface area contributed by atoms with Crippen molar-refractivity contribution >= 4 is 33.0 Å². The van der Waals surface area contributed by atoms with Crippen LogP contribution in [0.1, 0.15) is 10.4 Å². The van der Waals surface area contributed by atoms with Gasteiger partial charge in [0.25, 0.3) is 21.6 Å². The van der Waals surface area contributed by atoms with Crippen LogP contribution in [-0.2, 0) is 10.0 Å². The van der Waals surface area contributed by atoms with Gasteiger partial charge in [-0.2, -0.15) is 0 Å². The number of benzene rings is 3. The fourth-order valence-corrected chi connectivity index (χ4v) is 3.77. The number of ether oxygens (including phenoxy) is 1. The molecule has 1 amide bonds. The Kier molecular flexibility index (Phi) is 6.35. The first-order chi connectivity index (χ1) is 15.1. The number of carbonyl (C=O) groups is 1. The van der Waals surface area contributed by atoms with E-state index >= 15 is 0 Å². The third-order valence-corrected chi connectivity index (χ3v) is 5.59. The third kappa shape index (κ3) is 4.98. The van der Waals surface area contributed by atoms with Gasteiger partial charge in [0.15, 0.2) is 11.6 Å². The topological polar surface area (TPSA) is 128 Å². The fraction of sp³-hybridized carbons (Fsp3) is 0.0500. The van der Waals surface area contributed by atoms with Gasteiger partial charge < -0.3 is 10.1 Å². The van der Waals surface area contributed by atoms with Gasteiger partial charge in [0, 0.05) is 23.4 Å². The minimum atomic E-state index is -4.25. The van der Waals surface area contributed by atoms with Crippen LogP contribution in [0.5, 0.6) is 5.75 Å². The zero-order valence-corrected chi connectivity index (χ0v) is 17.2. The first-order valence-corrected chi connectivity index (χ1v) is 10.3. The number of non-ortho nitro benzene ring substituents is 1.